The highest BCUT2D eigenvalue weighted by Gasteiger charge is 2.31. The molecule has 154 valence electrons. The normalized spacial score (nSPS) is 15.2. The summed E-state index contributed by atoms with van der Waals surface area (Å²) < 4.78 is 16.6. The van der Waals surface area contributed by atoms with Gasteiger partial charge in [-0.05, 0) is 48.6 Å². The van der Waals surface area contributed by atoms with Gasteiger partial charge in [-0.1, -0.05) is 34.8 Å². The summed E-state index contributed by atoms with van der Waals surface area (Å²) in [6.45, 7) is 0.337. The third kappa shape index (κ3) is 4.49. The third-order valence-electron chi connectivity index (χ3n) is 4.15. The maximum Gasteiger partial charge on any atom is 0.277 e. The van der Waals surface area contributed by atoms with Crippen LogP contribution in [-0.2, 0) is 17.9 Å². The molecule has 2 aromatic heterocycles. The summed E-state index contributed by atoms with van der Waals surface area (Å²) in [4.78, 5) is 14.0. The number of hydrogen-bond acceptors (Lipinski definition) is 5. The van der Waals surface area contributed by atoms with Crippen molar-refractivity contribution in [3.63, 3.8) is 0 Å². The molecule has 1 aromatic carbocycles. The van der Waals surface area contributed by atoms with Gasteiger partial charge in [0.25, 0.3) is 5.91 Å². The summed E-state index contributed by atoms with van der Waals surface area (Å²) in [6.07, 6.45) is 3.11. The molecule has 1 saturated heterocycles. The van der Waals surface area contributed by atoms with Crippen molar-refractivity contribution in [2.45, 2.75) is 13.2 Å². The lowest BCUT2D eigenvalue weighted by atomic mass is 10.3. The number of carbonyl (C=O) groups excluding carboxylic acids is 1. The molecule has 1 aliphatic heterocycles. The smallest absolute Gasteiger partial charge is 0.277 e. The molecule has 0 saturated carbocycles. The van der Waals surface area contributed by atoms with Gasteiger partial charge in [-0.15, -0.1) is 0 Å². The molecule has 0 spiro atoms. The zero-order chi connectivity index (χ0) is 21.3. The molecule has 3 aromatic rings. The zero-order valence-electron chi connectivity index (χ0n) is 15.2. The number of rotatable bonds is 6. The maximum atomic E-state index is 12.6. The summed E-state index contributed by atoms with van der Waals surface area (Å²) in [6, 6.07) is 10.0. The minimum atomic E-state index is -0.273. The van der Waals surface area contributed by atoms with Crippen molar-refractivity contribution in [2.24, 2.45) is 0 Å². The molecule has 0 radical (unpaired) electrons. The number of carbonyl (C=O) groups is 1. The van der Waals surface area contributed by atoms with Gasteiger partial charge in [0, 0.05) is 11.1 Å². The minimum absolute atomic E-state index is 0.0919. The van der Waals surface area contributed by atoms with Gasteiger partial charge < -0.3 is 18.9 Å². The quantitative estimate of drug-likeness (QED) is 0.360. The second-order valence-corrected chi connectivity index (χ2v) is 7.89. The first kappa shape index (κ1) is 20.8. The molecule has 0 unspecified atom stereocenters. The SMILES string of the molecule is O=C1/C(=C\c2ccc(COc3c(Cl)cc(Cl)cc3Cl)o2)NC(=S)N1Cc1ccco1. The van der Waals surface area contributed by atoms with Crippen molar-refractivity contribution in [3.8, 4) is 5.75 Å². The van der Waals surface area contributed by atoms with Crippen LogP contribution in [0.25, 0.3) is 6.08 Å². The topological polar surface area (TPSA) is 67.8 Å². The predicted molar refractivity (Wildman–Crippen MR) is 117 cm³/mol. The van der Waals surface area contributed by atoms with Crippen LogP contribution in [0.15, 0.2) is 57.2 Å². The van der Waals surface area contributed by atoms with Crippen LogP contribution >= 0.6 is 47.0 Å². The van der Waals surface area contributed by atoms with Gasteiger partial charge in [-0.2, -0.15) is 0 Å². The van der Waals surface area contributed by atoms with Crippen molar-refractivity contribution in [3.05, 3.63) is 80.7 Å². The first-order chi connectivity index (χ1) is 14.4. The largest absolute Gasteiger partial charge is 0.483 e. The van der Waals surface area contributed by atoms with Crippen LogP contribution in [0.1, 0.15) is 17.3 Å². The van der Waals surface area contributed by atoms with Crippen LogP contribution in [-0.4, -0.2) is 15.9 Å². The van der Waals surface area contributed by atoms with Crippen molar-refractivity contribution in [2.75, 3.05) is 0 Å². The number of benzene rings is 1. The molecule has 3 heterocycles. The van der Waals surface area contributed by atoms with E-state index in [9.17, 15) is 4.79 Å². The van der Waals surface area contributed by atoms with Crippen LogP contribution in [0.4, 0.5) is 0 Å². The highest BCUT2D eigenvalue weighted by atomic mass is 35.5. The van der Waals surface area contributed by atoms with Gasteiger partial charge in [-0.25, -0.2) is 0 Å². The Hall–Kier alpha value is -2.45. The van der Waals surface area contributed by atoms with Gasteiger partial charge in [0.15, 0.2) is 10.9 Å². The van der Waals surface area contributed by atoms with Gasteiger partial charge in [0.2, 0.25) is 0 Å². The van der Waals surface area contributed by atoms with Crippen molar-refractivity contribution in [1.82, 2.24) is 10.2 Å². The molecule has 1 N–H and O–H groups in total. The number of nitrogens with zero attached hydrogens (tertiary/aromatic N) is 1. The lowest BCUT2D eigenvalue weighted by molar-refractivity contribution is -0.122. The summed E-state index contributed by atoms with van der Waals surface area (Å²) in [5.74, 6) is 1.64. The summed E-state index contributed by atoms with van der Waals surface area (Å²) in [5, 5.41) is 4.20. The average molecular weight is 484 g/mol. The fraction of sp³-hybridized carbons (Fsp3) is 0.100. The number of thiocarbonyl (C=S) groups is 1. The first-order valence-electron chi connectivity index (χ1n) is 8.63. The van der Waals surface area contributed by atoms with E-state index in [1.807, 2.05) is 0 Å². The van der Waals surface area contributed by atoms with Gasteiger partial charge in [0.05, 0.1) is 22.9 Å². The lowest BCUT2D eigenvalue weighted by Gasteiger charge is -2.11. The molecule has 0 aliphatic carbocycles. The van der Waals surface area contributed by atoms with E-state index in [4.69, 9.17) is 60.6 Å². The van der Waals surface area contributed by atoms with Crippen LogP contribution in [0.2, 0.25) is 15.1 Å². The highest BCUT2D eigenvalue weighted by Crippen LogP contribution is 2.36. The van der Waals surface area contributed by atoms with E-state index in [0.717, 1.165) is 0 Å². The van der Waals surface area contributed by atoms with Crippen LogP contribution in [0.3, 0.4) is 0 Å². The lowest BCUT2D eigenvalue weighted by Crippen LogP contribution is -2.29. The third-order valence-corrected chi connectivity index (χ3v) is 5.25. The Bertz CT molecular complexity index is 1120. The molecular formula is C20H13Cl3N2O4S. The standard InChI is InChI=1S/C20H13Cl3N2O4S/c21-11-6-15(22)18(16(23)7-11)28-10-14-4-3-12(29-14)8-17-19(26)25(20(30)24-17)9-13-2-1-5-27-13/h1-8H,9-10H2,(H,24,30)/b17-8+. The predicted octanol–water partition coefficient (Wildman–Crippen LogP) is 5.67. The van der Waals surface area contributed by atoms with E-state index in [1.165, 1.54) is 17.0 Å². The zero-order valence-corrected chi connectivity index (χ0v) is 18.2. The highest BCUT2D eigenvalue weighted by molar-refractivity contribution is 7.80. The first-order valence-corrected chi connectivity index (χ1v) is 10.2. The Labute approximate surface area is 191 Å². The van der Waals surface area contributed by atoms with Crippen LogP contribution < -0.4 is 10.1 Å². The Kier molecular flexibility index (Phi) is 6.06. The Morgan fingerprint density at radius 3 is 2.60 bits per heavy atom. The molecule has 10 heteroatoms. The molecule has 6 nitrogen and oxygen atoms in total. The van der Waals surface area contributed by atoms with Crippen molar-refractivity contribution < 1.29 is 18.4 Å². The Balaban J connectivity index is 1.43. The molecule has 0 atom stereocenters. The number of hydrogen-bond donors (Lipinski definition) is 1. The number of nitrogens with one attached hydrogen (secondary N) is 1. The minimum Gasteiger partial charge on any atom is -0.483 e. The maximum absolute atomic E-state index is 12.6. The second-order valence-electron chi connectivity index (χ2n) is 6.25. The molecule has 30 heavy (non-hydrogen) atoms. The summed E-state index contributed by atoms with van der Waals surface area (Å²) in [5.41, 5.74) is 0.303. The van der Waals surface area contributed by atoms with Gasteiger partial charge in [-0.3, -0.25) is 9.69 Å². The Morgan fingerprint density at radius 2 is 1.90 bits per heavy atom. The van der Waals surface area contributed by atoms with Gasteiger partial charge in [0.1, 0.15) is 29.6 Å². The molecule has 0 bridgehead atoms. The summed E-state index contributed by atoms with van der Waals surface area (Å²) >= 11 is 23.4. The molecule has 4 rings (SSSR count). The number of halogens is 3. The van der Waals surface area contributed by atoms with Crippen LogP contribution in [0.5, 0.6) is 5.75 Å². The van der Waals surface area contributed by atoms with Crippen LogP contribution in [0, 0.1) is 0 Å². The second kappa shape index (κ2) is 8.73. The molecule has 1 amide bonds. The van der Waals surface area contributed by atoms with E-state index in [2.05, 4.69) is 5.32 Å². The molecule has 1 fully saturated rings. The van der Waals surface area contributed by atoms with E-state index < -0.39 is 0 Å². The molecular weight excluding hydrogens is 471 g/mol. The van der Waals surface area contributed by atoms with E-state index in [1.54, 1.807) is 36.6 Å². The van der Waals surface area contributed by atoms with Crippen molar-refractivity contribution >= 4 is 64.1 Å². The average Bonchev–Trinajstić information content (AvgIpc) is 3.40. The fourth-order valence-electron chi connectivity index (χ4n) is 2.78. The van der Waals surface area contributed by atoms with E-state index in [0.29, 0.717) is 48.9 Å². The molecule has 1 aliphatic rings. The Morgan fingerprint density at radius 1 is 1.13 bits per heavy atom. The fourth-order valence-corrected chi connectivity index (χ4v) is 3.96. The number of furan rings is 2. The van der Waals surface area contributed by atoms with Crippen molar-refractivity contribution in [1.29, 1.82) is 0 Å². The summed E-state index contributed by atoms with van der Waals surface area (Å²) in [7, 11) is 0. The van der Waals surface area contributed by atoms with E-state index >= 15 is 0 Å². The number of amides is 1. The number of ether oxygens (including phenoxy) is 1. The monoisotopic (exact) mass is 482 g/mol. The van der Waals surface area contributed by atoms with Gasteiger partial charge >= 0.3 is 0 Å². The van der Waals surface area contributed by atoms with E-state index in [-0.39, 0.29) is 19.1 Å².